The number of thiophene rings is 1. The predicted octanol–water partition coefficient (Wildman–Crippen LogP) is 1.15. The molecule has 1 aliphatic rings. The number of carboxylic acid groups (broad SMARTS) is 1. The van der Waals surface area contributed by atoms with Gasteiger partial charge in [-0.25, -0.2) is 18.0 Å². The van der Waals surface area contributed by atoms with Crippen LogP contribution in [-0.4, -0.2) is 43.1 Å². The van der Waals surface area contributed by atoms with Gasteiger partial charge in [-0.05, 0) is 24.3 Å². The second-order valence-corrected chi connectivity index (χ2v) is 7.71. The van der Waals surface area contributed by atoms with Gasteiger partial charge in [0, 0.05) is 6.04 Å². The lowest BCUT2D eigenvalue weighted by Crippen LogP contribution is -2.42. The lowest BCUT2D eigenvalue weighted by Gasteiger charge is -2.23. The van der Waals surface area contributed by atoms with E-state index in [-0.39, 0.29) is 28.1 Å². The van der Waals surface area contributed by atoms with E-state index in [0.29, 0.717) is 12.8 Å². The normalized spacial score (nSPS) is 18.4. The van der Waals surface area contributed by atoms with E-state index in [1.165, 1.54) is 6.07 Å². The number of carboxylic acids is 1. The quantitative estimate of drug-likeness (QED) is 0.773. The number of carbonyl (C=O) groups excluding carboxylic acids is 1. The van der Waals surface area contributed by atoms with Crippen molar-refractivity contribution >= 4 is 38.2 Å². The fourth-order valence-electron chi connectivity index (χ4n) is 1.93. The molecule has 2 amide bonds. The number of hydrogen-bond acceptors (Lipinski definition) is 5. The van der Waals surface area contributed by atoms with Gasteiger partial charge in [-0.3, -0.25) is 5.32 Å². The summed E-state index contributed by atoms with van der Waals surface area (Å²) in [6, 6.07) is 0.696. The average Bonchev–Trinajstić information content (AvgIpc) is 2.80. The third kappa shape index (κ3) is 3.70. The maximum Gasteiger partial charge on any atom is 0.338 e. The zero-order valence-corrected chi connectivity index (χ0v) is 12.1. The maximum absolute atomic E-state index is 11.8. The zero-order chi connectivity index (χ0) is 14.8. The van der Waals surface area contributed by atoms with E-state index in [1.807, 2.05) is 0 Å². The first-order valence-corrected chi connectivity index (χ1v) is 8.66. The van der Waals surface area contributed by atoms with Crippen molar-refractivity contribution < 1.29 is 23.1 Å². The first kappa shape index (κ1) is 14.8. The molecule has 7 nitrogen and oxygen atoms in total. The molecule has 1 aromatic heterocycles. The van der Waals surface area contributed by atoms with Crippen molar-refractivity contribution in [3.05, 3.63) is 17.0 Å². The van der Waals surface area contributed by atoms with Crippen molar-refractivity contribution in [3.8, 4) is 0 Å². The Kier molecular flexibility index (Phi) is 4.29. The number of nitrogens with one attached hydrogen (secondary N) is 2. The van der Waals surface area contributed by atoms with Gasteiger partial charge in [0.2, 0.25) is 0 Å². The van der Waals surface area contributed by atoms with E-state index in [0.717, 1.165) is 11.3 Å². The highest BCUT2D eigenvalue weighted by molar-refractivity contribution is 7.91. The van der Waals surface area contributed by atoms with Crippen LogP contribution in [-0.2, 0) is 9.84 Å². The van der Waals surface area contributed by atoms with Crippen LogP contribution in [0.25, 0.3) is 0 Å². The molecule has 1 fully saturated rings. The van der Waals surface area contributed by atoms with Crippen molar-refractivity contribution in [2.75, 3.05) is 16.8 Å². The van der Waals surface area contributed by atoms with E-state index < -0.39 is 21.8 Å². The minimum Gasteiger partial charge on any atom is -0.478 e. The summed E-state index contributed by atoms with van der Waals surface area (Å²) in [5.74, 6) is -0.973. The Morgan fingerprint density at radius 2 is 1.95 bits per heavy atom. The number of aromatic carboxylic acids is 1. The van der Waals surface area contributed by atoms with Crippen LogP contribution in [0.5, 0.6) is 0 Å². The number of carbonyl (C=O) groups is 2. The molecule has 1 aliphatic heterocycles. The molecular formula is C11H14N2O5S2. The first-order valence-electron chi connectivity index (χ1n) is 5.96. The molecule has 9 heteroatoms. The standard InChI is InChI=1S/C11H14N2O5S2/c14-10(15)8-1-4-19-9(8)13-11(16)12-7-2-5-20(17,18)6-3-7/h1,4,7H,2-3,5-6H2,(H,14,15)(H2,12,13,16). The highest BCUT2D eigenvalue weighted by atomic mass is 32.2. The third-order valence-corrected chi connectivity index (χ3v) is 5.56. The Bertz CT molecular complexity index is 609. The molecule has 1 saturated heterocycles. The van der Waals surface area contributed by atoms with Crippen molar-refractivity contribution in [1.82, 2.24) is 5.32 Å². The summed E-state index contributed by atoms with van der Waals surface area (Å²) in [6.07, 6.45) is 0.762. The average molecular weight is 318 g/mol. The third-order valence-electron chi connectivity index (χ3n) is 3.01. The first-order chi connectivity index (χ1) is 9.37. The van der Waals surface area contributed by atoms with Crippen LogP contribution >= 0.6 is 11.3 Å². The summed E-state index contributed by atoms with van der Waals surface area (Å²) in [4.78, 5) is 22.7. The van der Waals surface area contributed by atoms with Crippen LogP contribution in [0.4, 0.5) is 9.80 Å². The molecular weight excluding hydrogens is 304 g/mol. The molecule has 0 radical (unpaired) electrons. The van der Waals surface area contributed by atoms with Crippen LogP contribution in [0.3, 0.4) is 0 Å². The summed E-state index contributed by atoms with van der Waals surface area (Å²) in [6.45, 7) is 0. The number of anilines is 1. The fraction of sp³-hybridized carbons (Fsp3) is 0.455. The Labute approximate surface area is 119 Å². The Morgan fingerprint density at radius 1 is 1.30 bits per heavy atom. The van der Waals surface area contributed by atoms with E-state index in [1.54, 1.807) is 5.38 Å². The Balaban J connectivity index is 1.90. The van der Waals surface area contributed by atoms with E-state index >= 15 is 0 Å². The molecule has 2 heterocycles. The molecule has 0 bridgehead atoms. The van der Waals surface area contributed by atoms with Crippen molar-refractivity contribution in [2.24, 2.45) is 0 Å². The number of hydrogen-bond donors (Lipinski definition) is 3. The summed E-state index contributed by atoms with van der Waals surface area (Å²) in [5.41, 5.74) is 0.0383. The van der Waals surface area contributed by atoms with Gasteiger partial charge in [0.1, 0.15) is 14.8 Å². The molecule has 0 unspecified atom stereocenters. The number of rotatable bonds is 3. The highest BCUT2D eigenvalue weighted by Crippen LogP contribution is 2.23. The fourth-order valence-corrected chi connectivity index (χ4v) is 4.20. The summed E-state index contributed by atoms with van der Waals surface area (Å²) < 4.78 is 22.5. The second kappa shape index (κ2) is 5.80. The van der Waals surface area contributed by atoms with Gasteiger partial charge in [0.05, 0.1) is 17.1 Å². The summed E-state index contributed by atoms with van der Waals surface area (Å²) >= 11 is 1.12. The van der Waals surface area contributed by atoms with Gasteiger partial charge in [-0.1, -0.05) is 0 Å². The number of amides is 2. The molecule has 0 spiro atoms. The monoisotopic (exact) mass is 318 g/mol. The molecule has 0 saturated carbocycles. The van der Waals surface area contributed by atoms with Crippen LogP contribution in [0, 0.1) is 0 Å². The lowest BCUT2D eigenvalue weighted by molar-refractivity contribution is 0.0698. The molecule has 2 rings (SSSR count). The molecule has 0 aromatic carbocycles. The van der Waals surface area contributed by atoms with E-state index in [9.17, 15) is 18.0 Å². The molecule has 110 valence electrons. The molecule has 0 aliphatic carbocycles. The molecule has 1 aromatic rings. The minimum atomic E-state index is -2.97. The highest BCUT2D eigenvalue weighted by Gasteiger charge is 2.25. The summed E-state index contributed by atoms with van der Waals surface area (Å²) in [5, 5.41) is 15.9. The largest absolute Gasteiger partial charge is 0.478 e. The Morgan fingerprint density at radius 3 is 2.55 bits per heavy atom. The molecule has 20 heavy (non-hydrogen) atoms. The maximum atomic E-state index is 11.8. The Hall–Kier alpha value is -1.61. The number of sulfone groups is 1. The van der Waals surface area contributed by atoms with E-state index in [4.69, 9.17) is 5.11 Å². The van der Waals surface area contributed by atoms with Gasteiger partial charge in [0.25, 0.3) is 0 Å². The van der Waals surface area contributed by atoms with Gasteiger partial charge in [0.15, 0.2) is 0 Å². The van der Waals surface area contributed by atoms with Gasteiger partial charge < -0.3 is 10.4 Å². The van der Waals surface area contributed by atoms with Crippen molar-refractivity contribution in [2.45, 2.75) is 18.9 Å². The lowest BCUT2D eigenvalue weighted by atomic mass is 10.2. The topological polar surface area (TPSA) is 113 Å². The van der Waals surface area contributed by atoms with Crippen molar-refractivity contribution in [1.29, 1.82) is 0 Å². The zero-order valence-electron chi connectivity index (χ0n) is 10.5. The summed E-state index contributed by atoms with van der Waals surface area (Å²) in [7, 11) is -2.97. The van der Waals surface area contributed by atoms with Gasteiger partial charge >= 0.3 is 12.0 Å². The van der Waals surface area contributed by atoms with Crippen LogP contribution in [0.1, 0.15) is 23.2 Å². The van der Waals surface area contributed by atoms with E-state index in [2.05, 4.69) is 10.6 Å². The smallest absolute Gasteiger partial charge is 0.338 e. The van der Waals surface area contributed by atoms with Gasteiger partial charge in [-0.2, -0.15) is 0 Å². The number of urea groups is 1. The van der Waals surface area contributed by atoms with Crippen LogP contribution in [0.2, 0.25) is 0 Å². The SMILES string of the molecule is O=C(Nc1sccc1C(=O)O)NC1CCS(=O)(=O)CC1. The molecule has 3 N–H and O–H groups in total. The van der Waals surface area contributed by atoms with Crippen LogP contribution in [0.15, 0.2) is 11.4 Å². The second-order valence-electron chi connectivity index (χ2n) is 4.49. The molecule has 0 atom stereocenters. The predicted molar refractivity (Wildman–Crippen MR) is 75.1 cm³/mol. The van der Waals surface area contributed by atoms with Crippen LogP contribution < -0.4 is 10.6 Å². The minimum absolute atomic E-state index is 0.0383. The van der Waals surface area contributed by atoms with Crippen molar-refractivity contribution in [3.63, 3.8) is 0 Å². The van der Waals surface area contributed by atoms with Gasteiger partial charge in [-0.15, -0.1) is 11.3 Å².